The van der Waals surface area contributed by atoms with Crippen LogP contribution in [0, 0.1) is 71.9 Å². The highest BCUT2D eigenvalue weighted by molar-refractivity contribution is 6.48. The van der Waals surface area contributed by atoms with Gasteiger partial charge in [0.2, 0.25) is 0 Å². The van der Waals surface area contributed by atoms with E-state index in [0.29, 0.717) is 83.9 Å². The molecule has 0 aliphatic heterocycles. The summed E-state index contributed by atoms with van der Waals surface area (Å²) in [7, 11) is 2.73. The lowest BCUT2D eigenvalue weighted by atomic mass is 9.72. The first-order chi connectivity index (χ1) is 50.8. The second kappa shape index (κ2) is 55.9. The van der Waals surface area contributed by atoms with Crippen LogP contribution in [0.4, 0.5) is 0 Å². The number of ether oxygens (including phenoxy) is 9. The molecule has 1 fully saturated rings. The van der Waals surface area contributed by atoms with E-state index in [4.69, 9.17) is 71.1 Å². The average Bonchev–Trinajstić information content (AvgIpc) is 0.819. The Morgan fingerprint density at radius 3 is 1.09 bits per heavy atom. The third-order valence-electron chi connectivity index (χ3n) is 20.4. The number of hydrogen-bond acceptors (Lipinski definition) is 19. The third-order valence-corrected chi connectivity index (χ3v) is 20.7. The molecule has 1 aromatic rings. The van der Waals surface area contributed by atoms with Crippen molar-refractivity contribution in [3.05, 3.63) is 35.9 Å². The third kappa shape index (κ3) is 50.5. The molecular weight excluding hydrogens is 1450 g/mol. The fourth-order valence-electron chi connectivity index (χ4n) is 10.1. The van der Waals surface area contributed by atoms with Crippen molar-refractivity contribution in [1.29, 1.82) is 5.26 Å². The molecular formula is C90H161Cl2NO18. The minimum Gasteiger partial charge on any atom is -0.469 e. The zero-order valence-corrected chi connectivity index (χ0v) is 77.8. The quantitative estimate of drug-likeness (QED) is 0.0258. The summed E-state index contributed by atoms with van der Waals surface area (Å²) in [4.78, 5) is 106. The van der Waals surface area contributed by atoms with Crippen molar-refractivity contribution in [1.82, 2.24) is 0 Å². The van der Waals surface area contributed by atoms with Crippen LogP contribution in [-0.2, 0) is 92.4 Å². The molecule has 19 nitrogen and oxygen atoms in total. The molecule has 0 saturated heterocycles. The molecule has 1 aliphatic carbocycles. The highest BCUT2D eigenvalue weighted by atomic mass is 35.5. The topological polar surface area (TPSA) is 260 Å². The number of rotatable bonds is 38. The summed E-state index contributed by atoms with van der Waals surface area (Å²) in [6.45, 7) is 61.7. The van der Waals surface area contributed by atoms with Crippen LogP contribution >= 0.6 is 23.2 Å². The lowest BCUT2D eigenvalue weighted by Gasteiger charge is -2.33. The zero-order valence-electron chi connectivity index (χ0n) is 76.3. The van der Waals surface area contributed by atoms with Gasteiger partial charge in [0.05, 0.1) is 101 Å². The molecule has 0 aromatic heterocycles. The van der Waals surface area contributed by atoms with Crippen LogP contribution in [0.3, 0.4) is 0 Å². The van der Waals surface area contributed by atoms with Crippen LogP contribution in [0.5, 0.6) is 0 Å². The van der Waals surface area contributed by atoms with Crippen molar-refractivity contribution < 1.29 is 85.8 Å². The number of alkyl halides is 2. The van der Waals surface area contributed by atoms with Gasteiger partial charge in [-0.3, -0.25) is 43.2 Å². The summed E-state index contributed by atoms with van der Waals surface area (Å²) in [6.07, 6.45) is 18.5. The minimum atomic E-state index is -0.953. The normalized spacial score (nSPS) is 14.5. The molecule has 0 N–H and O–H groups in total. The van der Waals surface area contributed by atoms with Gasteiger partial charge in [0.25, 0.3) is 0 Å². The molecule has 4 unspecified atom stereocenters. The smallest absolute Gasteiger partial charge is 0.312 e. The highest BCUT2D eigenvalue weighted by Gasteiger charge is 2.45. The summed E-state index contributed by atoms with van der Waals surface area (Å²) >= 11 is 11.8. The standard InChI is InChI=1S/C18H34O4.C15H28O4.C13H18O2.C12H19Cl2NO2.C12H22O2.2C10H20O2/c1-8-10-11-21-15(19)17(5,6)13-18(7,9-2)16(20)22-12-14(3)4;1-7-9-10-19-12(16)14(3,4)11-15(5,8-2)13(17)18-6;1-4-13(2,3)12(14)15-10-11-8-6-5-7-9-11;1-5-11(2,10(16)17-4)6-9(8-15)7-12(3,13)14;1-4-12(2,3)11(13)14-10-8-6-5-7-9-10;1-7-10(5,6)8(11)12-9(2,3)4;1-5-7-8-12-9(11)10(3,4)6-2/h14H,8-13H2,1-7H3;7-11H2,1-6H3;5-9H,4,10H2,1-3H3;9H,5-7H2,1-4H3;10H,4-9H2,1-3H3;7H2,1-6H3;5-8H2,1-4H3. The van der Waals surface area contributed by atoms with E-state index in [9.17, 15) is 43.2 Å². The van der Waals surface area contributed by atoms with Crippen LogP contribution in [0.25, 0.3) is 0 Å². The van der Waals surface area contributed by atoms with E-state index in [0.717, 1.165) is 82.6 Å². The van der Waals surface area contributed by atoms with E-state index < -0.39 is 31.4 Å². The summed E-state index contributed by atoms with van der Waals surface area (Å²) < 4.78 is 45.7. The Labute approximate surface area is 686 Å². The number of methoxy groups -OCH3 is 2. The van der Waals surface area contributed by atoms with E-state index in [-0.39, 0.29) is 93.0 Å². The molecule has 21 heteroatoms. The Bertz CT molecular complexity index is 2840. The molecule has 0 heterocycles. The van der Waals surface area contributed by atoms with E-state index >= 15 is 0 Å². The van der Waals surface area contributed by atoms with E-state index in [1.54, 1.807) is 13.8 Å². The minimum absolute atomic E-state index is 0.0214. The van der Waals surface area contributed by atoms with Gasteiger partial charge in [-0.15, -0.1) is 23.2 Å². The van der Waals surface area contributed by atoms with Gasteiger partial charge in [0, 0.05) is 0 Å². The molecule has 1 aliphatic rings. The number of carbonyl (C=O) groups excluding carboxylic acids is 9. The Balaban J connectivity index is -0.000000397. The Kier molecular flexibility index (Phi) is 57.5. The van der Waals surface area contributed by atoms with Crippen molar-refractivity contribution in [3.8, 4) is 6.07 Å². The Morgan fingerprint density at radius 1 is 0.423 bits per heavy atom. The largest absolute Gasteiger partial charge is 0.469 e. The second-order valence-corrected chi connectivity index (χ2v) is 37.7. The van der Waals surface area contributed by atoms with Gasteiger partial charge in [0.1, 0.15) is 22.6 Å². The monoisotopic (exact) mass is 1610 g/mol. The second-order valence-electron chi connectivity index (χ2n) is 35.8. The summed E-state index contributed by atoms with van der Waals surface area (Å²) in [5.74, 6) is -1.68. The fourth-order valence-corrected chi connectivity index (χ4v) is 10.5. The summed E-state index contributed by atoms with van der Waals surface area (Å²) in [5.41, 5.74) is -4.06. The van der Waals surface area contributed by atoms with Crippen LogP contribution in [0.2, 0.25) is 0 Å². The van der Waals surface area contributed by atoms with Gasteiger partial charge in [-0.25, -0.2) is 0 Å². The maximum Gasteiger partial charge on any atom is 0.312 e. The van der Waals surface area contributed by atoms with Crippen molar-refractivity contribution in [2.24, 2.45) is 60.6 Å². The molecule has 2 rings (SSSR count). The summed E-state index contributed by atoms with van der Waals surface area (Å²) in [5, 5.41) is 9.08. The van der Waals surface area contributed by atoms with Gasteiger partial charge in [-0.1, -0.05) is 139 Å². The van der Waals surface area contributed by atoms with Crippen molar-refractivity contribution in [3.63, 3.8) is 0 Å². The lowest BCUT2D eigenvalue weighted by molar-refractivity contribution is -0.166. The first kappa shape index (κ1) is 114. The molecule has 4 atom stereocenters. The Hall–Kier alpha value is -5.48. The zero-order chi connectivity index (χ0) is 87.7. The molecule has 0 amide bonds. The number of unbranched alkanes of at least 4 members (excludes halogenated alkanes) is 3. The first-order valence-electron chi connectivity index (χ1n) is 41.1. The average molecular weight is 1620 g/mol. The number of carbonyl (C=O) groups is 9. The van der Waals surface area contributed by atoms with Crippen LogP contribution in [0.1, 0.15) is 361 Å². The molecule has 1 aromatic carbocycles. The number of benzene rings is 1. The van der Waals surface area contributed by atoms with Gasteiger partial charge in [-0.2, -0.15) is 5.26 Å². The van der Waals surface area contributed by atoms with Gasteiger partial charge < -0.3 is 42.6 Å². The lowest BCUT2D eigenvalue weighted by Crippen LogP contribution is -2.39. The molecule has 648 valence electrons. The highest BCUT2D eigenvalue weighted by Crippen LogP contribution is 2.41. The van der Waals surface area contributed by atoms with Crippen molar-refractivity contribution in [2.75, 3.05) is 40.6 Å². The van der Waals surface area contributed by atoms with Crippen LogP contribution in [0.15, 0.2) is 30.3 Å². The number of nitriles is 1. The maximum atomic E-state index is 12.4. The number of esters is 9. The Morgan fingerprint density at radius 2 is 0.766 bits per heavy atom. The van der Waals surface area contributed by atoms with Crippen molar-refractivity contribution in [2.45, 2.75) is 379 Å². The fraction of sp³-hybridized carbons (Fsp3) is 0.822. The van der Waals surface area contributed by atoms with Gasteiger partial charge in [-0.05, 0) is 259 Å². The van der Waals surface area contributed by atoms with Gasteiger partial charge >= 0.3 is 53.7 Å². The predicted molar refractivity (Wildman–Crippen MR) is 449 cm³/mol. The van der Waals surface area contributed by atoms with Crippen molar-refractivity contribution >= 4 is 76.9 Å². The van der Waals surface area contributed by atoms with Crippen LogP contribution < -0.4 is 0 Å². The molecule has 1 saturated carbocycles. The van der Waals surface area contributed by atoms with Crippen LogP contribution in [-0.4, -0.2) is 110 Å². The van der Waals surface area contributed by atoms with E-state index in [1.807, 2.05) is 217 Å². The van der Waals surface area contributed by atoms with E-state index in [1.165, 1.54) is 33.5 Å². The number of halogens is 2. The molecule has 0 bridgehead atoms. The summed E-state index contributed by atoms with van der Waals surface area (Å²) in [6, 6.07) is 11.9. The maximum absolute atomic E-state index is 12.4. The first-order valence-corrected chi connectivity index (χ1v) is 41.9. The SMILES string of the molecule is CCC(C)(C)C(=O)OC(C)(C)C.CCC(C)(C)C(=O)OC1CCCCC1.CCC(C)(C)C(=O)OCc1ccccc1.CCC(C)(CC(C#N)CC(C)(Cl)Cl)C(=O)OC.CCCCOC(=O)C(C)(C)CC.CCCCOC(=O)C(C)(C)CC(C)(CC)C(=O)OC.CCCCOC(=O)C(C)(C)CC(C)(CC)C(=O)OCC(C)C. The van der Waals surface area contributed by atoms with Gasteiger partial charge in [0.15, 0.2) is 0 Å². The number of hydrogen-bond donors (Lipinski definition) is 0. The number of nitrogens with zero attached hydrogens (tertiary/aromatic N) is 1. The van der Waals surface area contributed by atoms with E-state index in [2.05, 4.69) is 19.9 Å². The predicted octanol–water partition coefficient (Wildman–Crippen LogP) is 23.4. The molecule has 0 radical (unpaired) electrons. The molecule has 111 heavy (non-hydrogen) atoms. The molecule has 0 spiro atoms.